The Kier molecular flexibility index (Phi) is 4.37. The van der Waals surface area contributed by atoms with Crippen LogP contribution in [-0.4, -0.2) is 7.05 Å². The molecule has 0 fully saturated rings. The summed E-state index contributed by atoms with van der Waals surface area (Å²) in [5.41, 5.74) is 3.51. The van der Waals surface area contributed by atoms with Gasteiger partial charge in [-0.3, -0.25) is 0 Å². The van der Waals surface area contributed by atoms with Crippen molar-refractivity contribution < 1.29 is 0 Å². The Hall–Kier alpha value is -2.28. The molecule has 90 valence electrons. The van der Waals surface area contributed by atoms with E-state index in [2.05, 4.69) is 47.8 Å². The first-order valence-electron chi connectivity index (χ1n) is 6.07. The summed E-state index contributed by atoms with van der Waals surface area (Å²) < 4.78 is 0. The van der Waals surface area contributed by atoms with Crippen LogP contribution >= 0.6 is 0 Å². The van der Waals surface area contributed by atoms with E-state index in [1.165, 1.54) is 11.1 Å². The SMILES string of the molecule is CN/C(=C\C=C\c1ccccc1)c1ccccc1. The van der Waals surface area contributed by atoms with Crippen molar-refractivity contribution in [2.75, 3.05) is 7.05 Å². The zero-order valence-electron chi connectivity index (χ0n) is 10.5. The molecule has 0 saturated heterocycles. The second-order valence-electron chi connectivity index (χ2n) is 3.97. The largest absolute Gasteiger partial charge is 0.388 e. The summed E-state index contributed by atoms with van der Waals surface area (Å²) >= 11 is 0. The Balaban J connectivity index is 2.14. The van der Waals surface area contributed by atoms with Crippen LogP contribution in [0.25, 0.3) is 11.8 Å². The highest BCUT2D eigenvalue weighted by Gasteiger charge is 1.94. The van der Waals surface area contributed by atoms with E-state index in [0.29, 0.717) is 0 Å². The van der Waals surface area contributed by atoms with Gasteiger partial charge in [-0.15, -0.1) is 0 Å². The Morgan fingerprint density at radius 3 is 2.11 bits per heavy atom. The summed E-state index contributed by atoms with van der Waals surface area (Å²) in [7, 11) is 1.94. The second kappa shape index (κ2) is 6.45. The highest BCUT2D eigenvalue weighted by molar-refractivity contribution is 5.67. The van der Waals surface area contributed by atoms with E-state index in [1.807, 2.05) is 43.4 Å². The van der Waals surface area contributed by atoms with Gasteiger partial charge < -0.3 is 5.32 Å². The Morgan fingerprint density at radius 1 is 0.889 bits per heavy atom. The molecule has 0 radical (unpaired) electrons. The molecule has 0 bridgehead atoms. The van der Waals surface area contributed by atoms with Crippen molar-refractivity contribution in [2.45, 2.75) is 0 Å². The molecule has 18 heavy (non-hydrogen) atoms. The third-order valence-electron chi connectivity index (χ3n) is 2.71. The fraction of sp³-hybridized carbons (Fsp3) is 0.0588. The van der Waals surface area contributed by atoms with E-state index >= 15 is 0 Å². The minimum atomic E-state index is 1.11. The summed E-state index contributed by atoms with van der Waals surface area (Å²) in [5.74, 6) is 0. The van der Waals surface area contributed by atoms with E-state index in [1.54, 1.807) is 0 Å². The Labute approximate surface area is 108 Å². The molecule has 1 N–H and O–H groups in total. The Bertz CT molecular complexity index is 524. The lowest BCUT2D eigenvalue weighted by molar-refractivity contribution is 1.13. The van der Waals surface area contributed by atoms with Gasteiger partial charge in [0.15, 0.2) is 0 Å². The van der Waals surface area contributed by atoms with Gasteiger partial charge in [0, 0.05) is 12.7 Å². The molecule has 0 atom stereocenters. The number of allylic oxidation sites excluding steroid dienone is 2. The highest BCUT2D eigenvalue weighted by Crippen LogP contribution is 2.11. The molecule has 0 aliphatic carbocycles. The number of hydrogen-bond acceptors (Lipinski definition) is 1. The maximum Gasteiger partial charge on any atom is 0.0411 e. The fourth-order valence-corrected chi connectivity index (χ4v) is 1.76. The average molecular weight is 235 g/mol. The second-order valence-corrected chi connectivity index (χ2v) is 3.97. The molecule has 2 aromatic carbocycles. The molecule has 0 spiro atoms. The lowest BCUT2D eigenvalue weighted by Gasteiger charge is -2.05. The maximum absolute atomic E-state index is 3.21. The van der Waals surface area contributed by atoms with Gasteiger partial charge in [-0.25, -0.2) is 0 Å². The lowest BCUT2D eigenvalue weighted by Crippen LogP contribution is -2.03. The molecule has 1 heteroatoms. The maximum atomic E-state index is 3.21. The first kappa shape index (κ1) is 12.2. The predicted molar refractivity (Wildman–Crippen MR) is 79.0 cm³/mol. The zero-order chi connectivity index (χ0) is 12.6. The molecule has 0 aliphatic heterocycles. The van der Waals surface area contributed by atoms with Gasteiger partial charge in [0.05, 0.1) is 0 Å². The van der Waals surface area contributed by atoms with E-state index in [-0.39, 0.29) is 0 Å². The number of hydrogen-bond donors (Lipinski definition) is 1. The monoisotopic (exact) mass is 235 g/mol. The minimum Gasteiger partial charge on any atom is -0.388 e. The van der Waals surface area contributed by atoms with Gasteiger partial charge in [0.25, 0.3) is 0 Å². The van der Waals surface area contributed by atoms with Gasteiger partial charge in [-0.1, -0.05) is 72.8 Å². The zero-order valence-corrected chi connectivity index (χ0v) is 10.5. The average Bonchev–Trinajstić information content (AvgIpc) is 2.46. The van der Waals surface area contributed by atoms with Crippen molar-refractivity contribution in [3.63, 3.8) is 0 Å². The van der Waals surface area contributed by atoms with E-state index in [0.717, 1.165) is 5.70 Å². The topological polar surface area (TPSA) is 12.0 Å². The van der Waals surface area contributed by atoms with Crippen molar-refractivity contribution in [1.29, 1.82) is 0 Å². The van der Waals surface area contributed by atoms with Gasteiger partial charge >= 0.3 is 0 Å². The molecule has 0 aliphatic rings. The van der Waals surface area contributed by atoms with Crippen LogP contribution < -0.4 is 5.32 Å². The van der Waals surface area contributed by atoms with Crippen LogP contribution in [0.4, 0.5) is 0 Å². The summed E-state index contributed by atoms with van der Waals surface area (Å²) in [6.07, 6.45) is 6.25. The molecule has 0 unspecified atom stereocenters. The molecule has 0 amide bonds. The highest BCUT2D eigenvalue weighted by atomic mass is 14.8. The van der Waals surface area contributed by atoms with Crippen LogP contribution in [0.2, 0.25) is 0 Å². The molecule has 0 heterocycles. The molecule has 1 nitrogen and oxygen atoms in total. The third kappa shape index (κ3) is 3.36. The van der Waals surface area contributed by atoms with Gasteiger partial charge in [-0.05, 0) is 17.2 Å². The third-order valence-corrected chi connectivity index (χ3v) is 2.71. The molecule has 2 aromatic rings. The quantitative estimate of drug-likeness (QED) is 0.791. The molecular weight excluding hydrogens is 218 g/mol. The minimum absolute atomic E-state index is 1.11. The first-order valence-corrected chi connectivity index (χ1v) is 6.07. The number of nitrogens with one attached hydrogen (secondary N) is 1. The predicted octanol–water partition coefficient (Wildman–Crippen LogP) is 3.96. The smallest absolute Gasteiger partial charge is 0.0411 e. The lowest BCUT2D eigenvalue weighted by atomic mass is 10.1. The van der Waals surface area contributed by atoms with E-state index < -0.39 is 0 Å². The van der Waals surface area contributed by atoms with Gasteiger partial charge in [-0.2, -0.15) is 0 Å². The molecule has 0 aromatic heterocycles. The summed E-state index contributed by atoms with van der Waals surface area (Å²) in [4.78, 5) is 0. The van der Waals surface area contributed by atoms with Crippen LogP contribution in [0.5, 0.6) is 0 Å². The number of rotatable bonds is 4. The fourth-order valence-electron chi connectivity index (χ4n) is 1.76. The van der Waals surface area contributed by atoms with Gasteiger partial charge in [0.2, 0.25) is 0 Å². The first-order chi connectivity index (χ1) is 8.90. The van der Waals surface area contributed by atoms with Crippen LogP contribution in [-0.2, 0) is 0 Å². The van der Waals surface area contributed by atoms with Crippen molar-refractivity contribution in [3.05, 3.63) is 83.9 Å². The summed E-state index contributed by atoms with van der Waals surface area (Å²) in [6, 6.07) is 20.6. The van der Waals surface area contributed by atoms with Crippen LogP contribution in [0.15, 0.2) is 72.8 Å². The van der Waals surface area contributed by atoms with Crippen LogP contribution in [0, 0.1) is 0 Å². The van der Waals surface area contributed by atoms with Crippen molar-refractivity contribution in [2.24, 2.45) is 0 Å². The Morgan fingerprint density at radius 2 is 1.50 bits per heavy atom. The molecule has 0 saturated carbocycles. The van der Waals surface area contributed by atoms with Gasteiger partial charge in [0.1, 0.15) is 0 Å². The van der Waals surface area contributed by atoms with E-state index in [9.17, 15) is 0 Å². The van der Waals surface area contributed by atoms with Crippen molar-refractivity contribution in [3.8, 4) is 0 Å². The normalized spacial score (nSPS) is 11.7. The number of benzene rings is 2. The standard InChI is InChI=1S/C17H17N/c1-18-17(16-12-6-3-7-13-16)14-8-11-15-9-4-2-5-10-15/h2-14,18H,1H3/b11-8+,17-14-. The summed E-state index contributed by atoms with van der Waals surface area (Å²) in [6.45, 7) is 0. The van der Waals surface area contributed by atoms with Crippen molar-refractivity contribution >= 4 is 11.8 Å². The van der Waals surface area contributed by atoms with Crippen molar-refractivity contribution in [1.82, 2.24) is 5.32 Å². The van der Waals surface area contributed by atoms with E-state index in [4.69, 9.17) is 0 Å². The molecular formula is C17H17N. The summed E-state index contributed by atoms with van der Waals surface area (Å²) in [5, 5.41) is 3.21. The van der Waals surface area contributed by atoms with Crippen LogP contribution in [0.3, 0.4) is 0 Å². The molecule has 2 rings (SSSR count). The van der Waals surface area contributed by atoms with Crippen LogP contribution in [0.1, 0.15) is 11.1 Å².